The van der Waals surface area contributed by atoms with Gasteiger partial charge in [0, 0.05) is 24.8 Å². The van der Waals surface area contributed by atoms with E-state index in [4.69, 9.17) is 9.90 Å². The second-order valence-electron chi connectivity index (χ2n) is 11.2. The van der Waals surface area contributed by atoms with Crippen LogP contribution in [0.25, 0.3) is 0 Å². The van der Waals surface area contributed by atoms with Gasteiger partial charge in [-0.1, -0.05) is 32.1 Å². The van der Waals surface area contributed by atoms with Gasteiger partial charge in [-0.05, 0) is 105 Å². The topological polar surface area (TPSA) is 129 Å². The van der Waals surface area contributed by atoms with E-state index >= 15 is 0 Å². The van der Waals surface area contributed by atoms with Crippen LogP contribution in [-0.2, 0) is 4.79 Å². The molecule has 1 aromatic carbocycles. The van der Waals surface area contributed by atoms with E-state index in [0.717, 1.165) is 64.1 Å². The Morgan fingerprint density at radius 3 is 2.54 bits per heavy atom. The Morgan fingerprint density at radius 2 is 1.91 bits per heavy atom. The van der Waals surface area contributed by atoms with Crippen molar-refractivity contribution < 1.29 is 24.5 Å². The first kappa shape index (κ1) is 29.3. The van der Waals surface area contributed by atoms with Crippen LogP contribution in [0.1, 0.15) is 65.7 Å². The summed E-state index contributed by atoms with van der Waals surface area (Å²) in [6.07, 6.45) is 6.80. The van der Waals surface area contributed by atoms with Crippen LogP contribution in [-0.4, -0.2) is 35.4 Å². The van der Waals surface area contributed by atoms with Crippen LogP contribution in [0, 0.1) is 40.3 Å². The maximum Gasteiger partial charge on any atom is 0.125 e. The minimum atomic E-state index is -1.08. The predicted molar refractivity (Wildman–Crippen MR) is 136 cm³/mol. The van der Waals surface area contributed by atoms with Gasteiger partial charge in [0.1, 0.15) is 5.82 Å². The molecule has 2 unspecified atom stereocenters. The lowest BCUT2D eigenvalue weighted by molar-refractivity contribution is -0.302. The molecule has 1 aromatic rings. The van der Waals surface area contributed by atoms with Crippen molar-refractivity contribution in [2.75, 3.05) is 18.5 Å². The largest absolute Gasteiger partial charge is 0.550 e. The number of nitrogens with one attached hydrogen (secondary N) is 1. The summed E-state index contributed by atoms with van der Waals surface area (Å²) < 4.78 is 13.6. The Kier molecular flexibility index (Phi) is 9.91. The third kappa shape index (κ3) is 6.25. The number of aliphatic carboxylic acids is 1. The number of carbonyl (C=O) groups is 1. The minimum Gasteiger partial charge on any atom is -0.550 e. The number of fused-ring (bicyclic) bond motifs is 1. The number of halogens is 1. The van der Waals surface area contributed by atoms with Gasteiger partial charge in [-0.2, -0.15) is 0 Å². The third-order valence-corrected chi connectivity index (χ3v) is 9.33. The predicted octanol–water partition coefficient (Wildman–Crippen LogP) is 4.53. The number of quaternary nitrogens is 1. The fraction of sp³-hybridized carbons (Fsp3) is 0.679. The van der Waals surface area contributed by atoms with E-state index in [1.807, 2.05) is 6.07 Å². The van der Waals surface area contributed by atoms with Crippen molar-refractivity contribution in [2.24, 2.45) is 34.5 Å². The smallest absolute Gasteiger partial charge is 0.125 e. The molecule has 0 amide bonds. The van der Waals surface area contributed by atoms with E-state index in [0.29, 0.717) is 17.8 Å². The Balaban J connectivity index is 0.000000804. The Morgan fingerprint density at radius 1 is 1.23 bits per heavy atom. The van der Waals surface area contributed by atoms with E-state index in [1.54, 1.807) is 6.07 Å². The second kappa shape index (κ2) is 11.8. The molecule has 0 spiro atoms. The van der Waals surface area contributed by atoms with Gasteiger partial charge in [-0.25, -0.2) is 4.39 Å². The average Bonchev–Trinajstić information content (AvgIpc) is 3.08. The number of benzene rings is 1. The highest BCUT2D eigenvalue weighted by Gasteiger charge is 2.56. The Hall–Kier alpha value is -1.96. The summed E-state index contributed by atoms with van der Waals surface area (Å²) in [6.45, 7) is 11.1. The molecule has 0 heterocycles. The number of anilines is 1. The van der Waals surface area contributed by atoms with Crippen molar-refractivity contribution in [2.45, 2.75) is 71.8 Å². The van der Waals surface area contributed by atoms with Crippen molar-refractivity contribution >= 4 is 11.7 Å². The lowest BCUT2D eigenvalue weighted by Gasteiger charge is -2.56. The number of hydrogen-bond acceptors (Lipinski definition) is 5. The number of hydrogen-bond donors (Lipinski definition) is 4. The second-order valence-corrected chi connectivity index (χ2v) is 11.2. The Bertz CT molecular complexity index is 876. The highest BCUT2D eigenvalue weighted by Crippen LogP contribution is 2.63. The lowest BCUT2D eigenvalue weighted by Crippen LogP contribution is -2.52. The van der Waals surface area contributed by atoms with Gasteiger partial charge in [-0.3, -0.25) is 0 Å². The maximum atomic E-state index is 13.6. The van der Waals surface area contributed by atoms with Crippen LogP contribution >= 0.6 is 0 Å². The van der Waals surface area contributed by atoms with Gasteiger partial charge >= 0.3 is 0 Å². The third-order valence-electron chi connectivity index (χ3n) is 9.33. The van der Waals surface area contributed by atoms with Gasteiger partial charge in [0.2, 0.25) is 0 Å². The Labute approximate surface area is 209 Å². The van der Waals surface area contributed by atoms with E-state index in [2.05, 4.69) is 25.7 Å². The molecule has 0 aliphatic heterocycles. The van der Waals surface area contributed by atoms with Crippen molar-refractivity contribution in [3.8, 4) is 0 Å². The van der Waals surface area contributed by atoms with E-state index in [9.17, 15) is 14.6 Å². The molecule has 35 heavy (non-hydrogen) atoms. The summed E-state index contributed by atoms with van der Waals surface area (Å²) in [5, 5.41) is 33.3. The number of carbonyl (C=O) groups excluding carboxylic acids is 1. The quantitative estimate of drug-likeness (QED) is 0.449. The van der Waals surface area contributed by atoms with Gasteiger partial charge in [0.15, 0.2) is 0 Å². The molecule has 3 fully saturated rings. The molecule has 0 saturated heterocycles. The molecule has 198 valence electrons. The van der Waals surface area contributed by atoms with E-state index in [1.165, 1.54) is 17.7 Å². The summed E-state index contributed by atoms with van der Waals surface area (Å²) in [4.78, 5) is 8.89. The highest BCUT2D eigenvalue weighted by molar-refractivity contribution is 5.60. The first-order chi connectivity index (χ1) is 16.0. The van der Waals surface area contributed by atoms with E-state index in [-0.39, 0.29) is 41.4 Å². The minimum absolute atomic E-state index is 0. The number of rotatable bonds is 5. The van der Waals surface area contributed by atoms with Crippen LogP contribution in [0.5, 0.6) is 0 Å². The fourth-order valence-electron chi connectivity index (χ4n) is 7.31. The standard InChI is InChI=1S/C26H38FNO2.C2H4O2.H3N/c1-17-7-8-23-22(16-29)24(10-12-25(17,23)2)26(3)11-9-21(30)13-18(26)15-28-20-6-4-5-19(27)14-20;1-2(3)4;/h4-6,14,18,21-24,28-30H,1,7-13,15-16H2,2-3H3;1H3,(H,3,4);1H3/t18-,21+,22-,23?,24?,25+,26+;;/m1../s1. The van der Waals surface area contributed by atoms with Crippen molar-refractivity contribution in [3.05, 3.63) is 42.2 Å². The first-order valence-corrected chi connectivity index (χ1v) is 12.7. The fourth-order valence-corrected chi connectivity index (χ4v) is 7.31. The molecule has 0 aromatic heterocycles. The van der Waals surface area contributed by atoms with E-state index < -0.39 is 5.97 Å². The number of aliphatic hydroxyl groups is 2. The van der Waals surface area contributed by atoms with Gasteiger partial charge < -0.3 is 31.6 Å². The average molecular weight is 493 g/mol. The SMILES string of the molecule is C=C1CCC2[C@@H](CO)C([C@@]3(C)CC[C@H](O)C[C@@H]3CNc3cccc(F)c3)CC[C@@]12C.CC(=O)[O-].[NH4+]. The molecule has 6 nitrogen and oxygen atoms in total. The molecule has 7 N–H and O–H groups in total. The highest BCUT2D eigenvalue weighted by atomic mass is 19.1. The van der Waals surface area contributed by atoms with Gasteiger partial charge in [-0.15, -0.1) is 0 Å². The molecule has 0 bridgehead atoms. The number of carboxylic acid groups (broad SMARTS) is 1. The normalized spacial score (nSPS) is 36.3. The lowest BCUT2D eigenvalue weighted by atomic mass is 9.49. The summed E-state index contributed by atoms with van der Waals surface area (Å²) in [5.74, 6) is 0.213. The summed E-state index contributed by atoms with van der Waals surface area (Å²) in [7, 11) is 0. The van der Waals surface area contributed by atoms with Crippen molar-refractivity contribution in [1.82, 2.24) is 6.15 Å². The summed E-state index contributed by atoms with van der Waals surface area (Å²) in [6, 6.07) is 6.61. The zero-order valence-corrected chi connectivity index (χ0v) is 21.9. The van der Waals surface area contributed by atoms with Crippen LogP contribution in [0.4, 0.5) is 10.1 Å². The monoisotopic (exact) mass is 492 g/mol. The van der Waals surface area contributed by atoms with Gasteiger partial charge in [0.25, 0.3) is 0 Å². The van der Waals surface area contributed by atoms with Crippen molar-refractivity contribution in [3.63, 3.8) is 0 Å². The molecule has 7 atom stereocenters. The molecular weight excluding hydrogens is 447 g/mol. The van der Waals surface area contributed by atoms with Gasteiger partial charge in [0.05, 0.1) is 6.10 Å². The van der Waals surface area contributed by atoms with Crippen molar-refractivity contribution in [1.29, 1.82) is 0 Å². The molecule has 4 rings (SSSR count). The molecule has 0 radical (unpaired) electrons. The molecule has 3 aliphatic carbocycles. The summed E-state index contributed by atoms with van der Waals surface area (Å²) in [5.41, 5.74) is 2.39. The zero-order chi connectivity index (χ0) is 25.1. The zero-order valence-electron chi connectivity index (χ0n) is 21.9. The maximum absolute atomic E-state index is 13.6. The first-order valence-electron chi connectivity index (χ1n) is 12.7. The molecular formula is C28H45FN2O4. The van der Waals surface area contributed by atoms with Crippen LogP contribution in [0.15, 0.2) is 36.4 Å². The number of allylic oxidation sites excluding steroid dienone is 1. The molecule has 7 heteroatoms. The molecule has 3 saturated carbocycles. The summed E-state index contributed by atoms with van der Waals surface area (Å²) >= 11 is 0. The number of aliphatic hydroxyl groups excluding tert-OH is 2. The molecule has 3 aliphatic rings. The van der Waals surface area contributed by atoms with Crippen LogP contribution in [0.2, 0.25) is 0 Å². The van der Waals surface area contributed by atoms with Crippen LogP contribution < -0.4 is 16.6 Å². The number of carboxylic acids is 1. The van der Waals surface area contributed by atoms with Crippen LogP contribution in [0.3, 0.4) is 0 Å².